The highest BCUT2D eigenvalue weighted by Gasteiger charge is 2.34. The lowest BCUT2D eigenvalue weighted by Crippen LogP contribution is -2.23. The van der Waals surface area contributed by atoms with E-state index < -0.39 is 0 Å². The molecule has 13 rings (SSSR count). The molecule has 0 fully saturated rings. The first-order chi connectivity index (χ1) is 30.0. The fraction of sp³-hybridized carbons (Fsp3) is 0.0526. The number of hydrogen-bond donors (Lipinski definition) is 0. The van der Waals surface area contributed by atoms with Gasteiger partial charge in [-0.15, -0.1) is 0 Å². The van der Waals surface area contributed by atoms with Crippen LogP contribution < -0.4 is 0 Å². The van der Waals surface area contributed by atoms with Crippen LogP contribution in [0.15, 0.2) is 210 Å². The van der Waals surface area contributed by atoms with E-state index >= 15 is 0 Å². The summed E-state index contributed by atoms with van der Waals surface area (Å²) in [5.74, 6) is 0. The van der Waals surface area contributed by atoms with E-state index in [1.807, 2.05) is 11.8 Å². The van der Waals surface area contributed by atoms with E-state index in [0.717, 1.165) is 17.1 Å². The third-order valence-corrected chi connectivity index (χ3v) is 14.4. The maximum atomic E-state index is 2.49. The van der Waals surface area contributed by atoms with Crippen molar-refractivity contribution in [3.63, 3.8) is 0 Å². The molecule has 0 saturated heterocycles. The Morgan fingerprint density at radius 3 is 1.46 bits per heavy atom. The largest absolute Gasteiger partial charge is 0.309 e. The minimum atomic E-state index is -0.0975. The van der Waals surface area contributed by atoms with Crippen LogP contribution >= 0.6 is 11.8 Å². The van der Waals surface area contributed by atoms with Gasteiger partial charge in [-0.2, -0.15) is 0 Å². The van der Waals surface area contributed by atoms with E-state index in [1.54, 1.807) is 0 Å². The highest BCUT2D eigenvalue weighted by atomic mass is 32.2. The van der Waals surface area contributed by atoms with Gasteiger partial charge in [0.15, 0.2) is 0 Å². The lowest BCUT2D eigenvalue weighted by molar-refractivity contribution is 0.608. The quantitative estimate of drug-likeness (QED) is 0.173. The fourth-order valence-corrected chi connectivity index (χ4v) is 11.9. The van der Waals surface area contributed by atoms with E-state index in [2.05, 4.69) is 228 Å². The molecule has 0 atom stereocenters. The summed E-state index contributed by atoms with van der Waals surface area (Å²) in [5, 5.41) is 7.56. The van der Waals surface area contributed by atoms with Gasteiger partial charge in [-0.25, -0.2) is 0 Å². The molecule has 9 aromatic carbocycles. The van der Waals surface area contributed by atoms with E-state index in [0.29, 0.717) is 0 Å². The normalized spacial score (nSPS) is 13.5. The van der Waals surface area contributed by atoms with Gasteiger partial charge in [0.1, 0.15) is 0 Å². The molecule has 0 N–H and O–H groups in total. The summed E-state index contributed by atoms with van der Waals surface area (Å²) in [6.07, 6.45) is 0. The fourth-order valence-electron chi connectivity index (χ4n) is 10.4. The maximum absolute atomic E-state index is 2.49. The summed E-state index contributed by atoms with van der Waals surface area (Å²) in [4.78, 5) is 2.67. The zero-order chi connectivity index (χ0) is 40.4. The summed E-state index contributed by atoms with van der Waals surface area (Å²) in [5.41, 5.74) is 15.8. The predicted octanol–water partition coefficient (Wildman–Crippen LogP) is 15.4. The van der Waals surface area contributed by atoms with E-state index in [-0.39, 0.29) is 5.41 Å². The SMILES string of the molecule is CC1(C)c2ccccc2Sc2cc3c(cc21)c1ccccc1n3-c1cccc(-c2cccc(-n3c4ccccc4c4ccc5c6ccccc6n(-c6ccccc6)c5c43)c2)c1. The van der Waals surface area contributed by atoms with Crippen LogP contribution in [0.3, 0.4) is 0 Å². The van der Waals surface area contributed by atoms with Crippen molar-refractivity contribution in [3.05, 3.63) is 211 Å². The molecule has 61 heavy (non-hydrogen) atoms. The number of hydrogen-bond acceptors (Lipinski definition) is 1. The Hall–Kier alpha value is -7.27. The lowest BCUT2D eigenvalue weighted by atomic mass is 9.77. The zero-order valence-corrected chi connectivity index (χ0v) is 34.6. The Labute approximate surface area is 357 Å². The smallest absolute Gasteiger partial charge is 0.0788 e. The van der Waals surface area contributed by atoms with E-state index in [1.165, 1.54) is 97.5 Å². The average Bonchev–Trinajstić information content (AvgIpc) is 3.94. The monoisotopic (exact) mass is 797 g/mol. The van der Waals surface area contributed by atoms with Crippen LogP contribution in [0.4, 0.5) is 0 Å². The first-order valence-electron chi connectivity index (χ1n) is 21.1. The second kappa shape index (κ2) is 12.9. The number of nitrogens with zero attached hydrogens (tertiary/aromatic N) is 3. The first kappa shape index (κ1) is 34.6. The van der Waals surface area contributed by atoms with Crippen LogP contribution in [0.5, 0.6) is 0 Å². The standard InChI is InChI=1S/C57H39N3S/c1-57(2)47-25-9-13-29-53(47)61-54-35-52-46(34-48(54)57)43-24-8-10-26-49(43)58(52)39-20-14-16-36(32-39)37-17-15-21-40(33-37)60-51-28-12-7-23-42(51)45-31-30-44-41-22-6-11-27-50(41)59(55(44)56(45)60)38-18-4-3-5-19-38/h3-35H,1-2H3. The molecule has 4 heteroatoms. The molecule has 4 heterocycles. The van der Waals surface area contributed by atoms with Crippen molar-refractivity contribution in [3.8, 4) is 28.2 Å². The van der Waals surface area contributed by atoms with Crippen molar-refractivity contribution in [2.24, 2.45) is 0 Å². The third-order valence-electron chi connectivity index (χ3n) is 13.3. The van der Waals surface area contributed by atoms with Gasteiger partial charge >= 0.3 is 0 Å². The van der Waals surface area contributed by atoms with Crippen LogP contribution in [0.25, 0.3) is 93.6 Å². The highest BCUT2D eigenvalue weighted by molar-refractivity contribution is 7.99. The molecule has 1 aliphatic rings. The van der Waals surface area contributed by atoms with Crippen LogP contribution in [-0.2, 0) is 5.41 Å². The van der Waals surface area contributed by atoms with Crippen molar-refractivity contribution in [1.29, 1.82) is 0 Å². The van der Waals surface area contributed by atoms with Crippen molar-refractivity contribution >= 4 is 77.2 Å². The molecule has 3 nitrogen and oxygen atoms in total. The minimum Gasteiger partial charge on any atom is -0.309 e. The van der Waals surface area contributed by atoms with Gasteiger partial charge in [0.25, 0.3) is 0 Å². The van der Waals surface area contributed by atoms with Gasteiger partial charge in [-0.1, -0.05) is 153 Å². The molecule has 12 aromatic rings. The van der Waals surface area contributed by atoms with Crippen LogP contribution in [0, 0.1) is 0 Å². The van der Waals surface area contributed by atoms with Crippen LogP contribution in [-0.4, -0.2) is 13.7 Å². The third kappa shape index (κ3) is 4.94. The molecule has 0 radical (unpaired) electrons. The second-order valence-corrected chi connectivity index (χ2v) is 18.0. The zero-order valence-electron chi connectivity index (χ0n) is 33.8. The Kier molecular flexibility index (Phi) is 7.29. The number of benzene rings is 9. The molecule has 0 aliphatic carbocycles. The lowest BCUT2D eigenvalue weighted by Gasteiger charge is -2.34. The highest BCUT2D eigenvalue weighted by Crippen LogP contribution is 2.51. The molecule has 288 valence electrons. The van der Waals surface area contributed by atoms with Gasteiger partial charge in [0.2, 0.25) is 0 Å². The van der Waals surface area contributed by atoms with Crippen molar-refractivity contribution in [2.45, 2.75) is 29.1 Å². The number of fused-ring (bicyclic) bond motifs is 12. The molecule has 0 amide bonds. The van der Waals surface area contributed by atoms with Gasteiger partial charge in [0, 0.05) is 64.6 Å². The average molecular weight is 798 g/mol. The Morgan fingerprint density at radius 2 is 0.820 bits per heavy atom. The summed E-state index contributed by atoms with van der Waals surface area (Å²) in [7, 11) is 0. The summed E-state index contributed by atoms with van der Waals surface area (Å²) < 4.78 is 7.42. The Bertz CT molecular complexity index is 3770. The van der Waals surface area contributed by atoms with Crippen molar-refractivity contribution < 1.29 is 0 Å². The van der Waals surface area contributed by atoms with Crippen LogP contribution in [0.1, 0.15) is 25.0 Å². The Morgan fingerprint density at radius 1 is 0.328 bits per heavy atom. The summed E-state index contributed by atoms with van der Waals surface area (Å²) >= 11 is 1.90. The topological polar surface area (TPSA) is 14.8 Å². The molecule has 1 aliphatic heterocycles. The van der Waals surface area contributed by atoms with Gasteiger partial charge in [0.05, 0.1) is 33.1 Å². The van der Waals surface area contributed by atoms with Gasteiger partial charge < -0.3 is 13.7 Å². The molecule has 0 bridgehead atoms. The molecule has 0 unspecified atom stereocenters. The molecular formula is C57H39N3S. The molecule has 0 saturated carbocycles. The van der Waals surface area contributed by atoms with E-state index in [9.17, 15) is 0 Å². The predicted molar refractivity (Wildman–Crippen MR) is 258 cm³/mol. The number of aromatic nitrogens is 3. The first-order valence-corrected chi connectivity index (χ1v) is 21.9. The van der Waals surface area contributed by atoms with Crippen LogP contribution in [0.2, 0.25) is 0 Å². The van der Waals surface area contributed by atoms with Crippen molar-refractivity contribution in [2.75, 3.05) is 0 Å². The Balaban J connectivity index is 1.01. The maximum Gasteiger partial charge on any atom is 0.0788 e. The molecule has 3 aromatic heterocycles. The summed E-state index contributed by atoms with van der Waals surface area (Å²) in [6, 6.07) is 74.0. The van der Waals surface area contributed by atoms with Gasteiger partial charge in [-0.3, -0.25) is 0 Å². The van der Waals surface area contributed by atoms with Crippen molar-refractivity contribution in [1.82, 2.24) is 13.7 Å². The van der Waals surface area contributed by atoms with E-state index in [4.69, 9.17) is 0 Å². The summed E-state index contributed by atoms with van der Waals surface area (Å²) in [6.45, 7) is 4.75. The van der Waals surface area contributed by atoms with Gasteiger partial charge in [-0.05, 0) is 95.1 Å². The number of para-hydroxylation sites is 4. The minimum absolute atomic E-state index is 0.0975. The number of rotatable bonds is 4. The molecular weight excluding hydrogens is 759 g/mol. The molecule has 0 spiro atoms. The second-order valence-electron chi connectivity index (χ2n) is 16.9.